The fraction of sp³-hybridized carbons (Fsp3) is 0. The molecule has 0 spiro atoms. The van der Waals surface area contributed by atoms with Crippen molar-refractivity contribution in [3.05, 3.63) is 0 Å². The van der Waals surface area contributed by atoms with Gasteiger partial charge in [-0.05, 0) is 0 Å². The molecule has 0 atom stereocenters. The Morgan fingerprint density at radius 3 is 1.83 bits per heavy atom. The summed E-state index contributed by atoms with van der Waals surface area (Å²) in [5.74, 6) is 4.45. The average Bonchev–Trinajstić information content (AvgIpc) is 1.38. The molecule has 0 aliphatic carbocycles. The van der Waals surface area contributed by atoms with Gasteiger partial charge in [-0.2, -0.15) is 0 Å². The summed E-state index contributed by atoms with van der Waals surface area (Å²) in [4.78, 5) is 9.35. The molecule has 0 aliphatic heterocycles. The van der Waals surface area contributed by atoms with Crippen molar-refractivity contribution in [2.45, 2.75) is 0 Å². The molecule has 0 saturated carbocycles. The summed E-state index contributed by atoms with van der Waals surface area (Å²) < 4.78 is 0. The summed E-state index contributed by atoms with van der Waals surface area (Å²) >= 11 is 0. The van der Waals surface area contributed by atoms with Crippen LogP contribution in [0.4, 0.5) is 4.79 Å². The van der Waals surface area contributed by atoms with Gasteiger partial charge in [0.1, 0.15) is 0 Å². The predicted octanol–water partition coefficient (Wildman–Crippen LogP) is -0.854. The lowest BCUT2D eigenvalue weighted by atomic mass is 11.2. The number of carbonyl (C=O) groups is 1. The highest BCUT2D eigenvalue weighted by molar-refractivity contribution is 14.0. The molecule has 0 fully saturated rings. The number of hydrazine groups is 1. The lowest BCUT2D eigenvalue weighted by Crippen LogP contribution is -2.34. The summed E-state index contributed by atoms with van der Waals surface area (Å²) in [6.07, 6.45) is 0. The predicted molar refractivity (Wildman–Crippen MR) is 32.3 cm³/mol. The number of rotatable bonds is 0. The second-order valence-electron chi connectivity index (χ2n) is 0.509. The number of amides is 2. The smallest absolute Gasteiger partial charge is 0.326 e. The zero-order chi connectivity index (χ0) is 4.28. The van der Waals surface area contributed by atoms with Crippen molar-refractivity contribution in [3.63, 3.8) is 0 Å². The van der Waals surface area contributed by atoms with Crippen molar-refractivity contribution >= 4 is 30.0 Å². The summed E-state index contributed by atoms with van der Waals surface area (Å²) in [6, 6.07) is -0.718. The van der Waals surface area contributed by atoms with E-state index in [9.17, 15) is 4.79 Å². The van der Waals surface area contributed by atoms with Crippen LogP contribution in [0.15, 0.2) is 0 Å². The highest BCUT2D eigenvalue weighted by atomic mass is 127. The van der Waals surface area contributed by atoms with Gasteiger partial charge in [-0.3, -0.25) is 5.43 Å². The van der Waals surface area contributed by atoms with Crippen LogP contribution < -0.4 is 17.0 Å². The number of hydrogen-bond acceptors (Lipinski definition) is 2. The van der Waals surface area contributed by atoms with Gasteiger partial charge >= 0.3 is 6.03 Å². The molecule has 5 heteroatoms. The second kappa shape index (κ2) is 4.96. The Labute approximate surface area is 52.2 Å². The van der Waals surface area contributed by atoms with E-state index in [1.54, 1.807) is 5.43 Å². The van der Waals surface area contributed by atoms with Gasteiger partial charge in [0.15, 0.2) is 0 Å². The number of nitrogens with two attached hydrogens (primary N) is 2. The van der Waals surface area contributed by atoms with Crippen molar-refractivity contribution in [3.8, 4) is 0 Å². The van der Waals surface area contributed by atoms with E-state index in [0.717, 1.165) is 0 Å². The van der Waals surface area contributed by atoms with Crippen LogP contribution in [-0.4, -0.2) is 6.03 Å². The quantitative estimate of drug-likeness (QED) is 0.207. The molecule has 2 amide bonds. The third-order valence-electron chi connectivity index (χ3n) is 0.142. The van der Waals surface area contributed by atoms with E-state index in [1.165, 1.54) is 0 Å². The van der Waals surface area contributed by atoms with E-state index in [2.05, 4.69) is 11.6 Å². The molecule has 0 aromatic heterocycles. The van der Waals surface area contributed by atoms with Gasteiger partial charge in [-0.1, -0.05) is 0 Å². The molecule has 0 radical (unpaired) electrons. The van der Waals surface area contributed by atoms with Crippen LogP contribution in [0.5, 0.6) is 0 Å². The highest BCUT2D eigenvalue weighted by Crippen LogP contribution is 1.34. The molecule has 0 rings (SSSR count). The van der Waals surface area contributed by atoms with Gasteiger partial charge in [0.2, 0.25) is 0 Å². The molecular weight excluding hydrogens is 197 g/mol. The Morgan fingerprint density at radius 2 is 1.83 bits per heavy atom. The zero-order valence-electron chi connectivity index (χ0n) is 2.97. The SMILES string of the molecule is I.NNC(N)=O. The molecule has 5 N–H and O–H groups in total. The first-order chi connectivity index (χ1) is 2.27. The summed E-state index contributed by atoms with van der Waals surface area (Å²) in [6.45, 7) is 0. The van der Waals surface area contributed by atoms with Crippen molar-refractivity contribution < 1.29 is 4.79 Å². The number of urea groups is 1. The molecule has 4 nitrogen and oxygen atoms in total. The minimum Gasteiger partial charge on any atom is -0.351 e. The number of hydrogen-bond donors (Lipinski definition) is 3. The standard InChI is InChI=1S/CH5N3O.HI/c2-1(5)4-3;/h3H2,(H3,2,4,5);1H. The summed E-state index contributed by atoms with van der Waals surface area (Å²) in [5, 5.41) is 0. The van der Waals surface area contributed by atoms with E-state index in [1.807, 2.05) is 0 Å². The fourth-order valence-electron chi connectivity index (χ4n) is 0. The summed E-state index contributed by atoms with van der Waals surface area (Å²) in [5.41, 5.74) is 6.08. The molecule has 38 valence electrons. The third-order valence-corrected chi connectivity index (χ3v) is 0.142. The Bertz CT molecular complexity index is 46.1. The molecule has 0 saturated heterocycles. The first-order valence-corrected chi connectivity index (χ1v) is 1.03. The Hall–Kier alpha value is -0.0400. The van der Waals surface area contributed by atoms with E-state index >= 15 is 0 Å². The molecule has 0 aromatic carbocycles. The largest absolute Gasteiger partial charge is 0.351 e. The Kier molecular flexibility index (Phi) is 7.73. The minimum absolute atomic E-state index is 0. The van der Waals surface area contributed by atoms with E-state index in [4.69, 9.17) is 0 Å². The molecule has 0 bridgehead atoms. The van der Waals surface area contributed by atoms with E-state index in [0.29, 0.717) is 0 Å². The van der Waals surface area contributed by atoms with Crippen molar-refractivity contribution in [2.75, 3.05) is 0 Å². The van der Waals surface area contributed by atoms with Crippen molar-refractivity contribution in [1.82, 2.24) is 5.43 Å². The molecule has 0 unspecified atom stereocenters. The normalized spacial score (nSPS) is 5.50. The minimum atomic E-state index is -0.718. The van der Waals surface area contributed by atoms with Gasteiger partial charge in [-0.25, -0.2) is 10.6 Å². The van der Waals surface area contributed by atoms with Gasteiger partial charge in [0.05, 0.1) is 0 Å². The highest BCUT2D eigenvalue weighted by Gasteiger charge is 1.73. The van der Waals surface area contributed by atoms with Crippen LogP contribution in [0.3, 0.4) is 0 Å². The Balaban J connectivity index is 0. The van der Waals surface area contributed by atoms with Crippen LogP contribution in [0, 0.1) is 0 Å². The molecular formula is CH6IN3O. The monoisotopic (exact) mass is 203 g/mol. The maximum Gasteiger partial charge on any atom is 0.326 e. The fourth-order valence-corrected chi connectivity index (χ4v) is 0. The summed E-state index contributed by atoms with van der Waals surface area (Å²) in [7, 11) is 0. The van der Waals surface area contributed by atoms with Gasteiger partial charge in [0, 0.05) is 0 Å². The third kappa shape index (κ3) is 9.03. The van der Waals surface area contributed by atoms with Crippen LogP contribution in [0.25, 0.3) is 0 Å². The molecule has 0 aliphatic rings. The second-order valence-corrected chi connectivity index (χ2v) is 0.509. The first kappa shape index (κ1) is 9.35. The van der Waals surface area contributed by atoms with Crippen molar-refractivity contribution in [1.29, 1.82) is 0 Å². The molecule has 0 aromatic rings. The van der Waals surface area contributed by atoms with E-state index < -0.39 is 6.03 Å². The average molecular weight is 203 g/mol. The van der Waals surface area contributed by atoms with Crippen molar-refractivity contribution in [2.24, 2.45) is 11.6 Å². The zero-order valence-corrected chi connectivity index (χ0v) is 5.30. The van der Waals surface area contributed by atoms with Gasteiger partial charge < -0.3 is 5.73 Å². The lowest BCUT2D eigenvalue weighted by Gasteiger charge is -1.81. The van der Waals surface area contributed by atoms with Crippen LogP contribution in [-0.2, 0) is 0 Å². The molecule has 6 heavy (non-hydrogen) atoms. The number of nitrogens with one attached hydrogen (secondary N) is 1. The maximum absolute atomic E-state index is 9.35. The van der Waals surface area contributed by atoms with Gasteiger partial charge in [-0.15, -0.1) is 24.0 Å². The number of halogens is 1. The van der Waals surface area contributed by atoms with Crippen LogP contribution in [0.2, 0.25) is 0 Å². The molecule has 0 heterocycles. The van der Waals surface area contributed by atoms with E-state index in [-0.39, 0.29) is 24.0 Å². The van der Waals surface area contributed by atoms with Crippen LogP contribution in [0.1, 0.15) is 0 Å². The van der Waals surface area contributed by atoms with Gasteiger partial charge in [0.25, 0.3) is 0 Å². The maximum atomic E-state index is 9.35. The lowest BCUT2D eigenvalue weighted by molar-refractivity contribution is 0.249. The Morgan fingerprint density at radius 1 is 1.67 bits per heavy atom. The number of carbonyl (C=O) groups excluding carboxylic acids is 1. The van der Waals surface area contributed by atoms with Crippen LogP contribution >= 0.6 is 24.0 Å². The number of primary amides is 1. The first-order valence-electron chi connectivity index (χ1n) is 1.03. The topological polar surface area (TPSA) is 81.1 Å².